The molecule has 0 saturated carbocycles. The number of rotatable bonds is 61. The molecule has 0 bridgehead atoms. The number of hydrogen-bond acceptors (Lipinski definition) is 5. The van der Waals surface area contributed by atoms with Crippen molar-refractivity contribution in [3.05, 3.63) is 12.2 Å². The molecule has 71 heavy (non-hydrogen) atoms. The van der Waals surface area contributed by atoms with Crippen LogP contribution >= 0.6 is 0 Å². The van der Waals surface area contributed by atoms with E-state index in [4.69, 9.17) is 4.74 Å². The number of hydrogen-bond donors (Lipinski definition) is 3. The largest absolute Gasteiger partial charge is 0.466 e. The van der Waals surface area contributed by atoms with Gasteiger partial charge in [0.25, 0.3) is 0 Å². The van der Waals surface area contributed by atoms with Crippen LogP contribution < -0.4 is 5.32 Å². The zero-order chi connectivity index (χ0) is 51.4. The fraction of sp³-hybridized carbons (Fsp3) is 0.938. The molecule has 0 rings (SSSR count). The number of aliphatic hydroxyl groups excluding tert-OH is 2. The van der Waals surface area contributed by atoms with E-state index in [0.29, 0.717) is 25.9 Å². The molecule has 0 aromatic rings. The maximum Gasteiger partial charge on any atom is 0.305 e. The van der Waals surface area contributed by atoms with Crippen molar-refractivity contribution in [3.8, 4) is 0 Å². The van der Waals surface area contributed by atoms with Gasteiger partial charge in [0.15, 0.2) is 0 Å². The van der Waals surface area contributed by atoms with Gasteiger partial charge in [-0.15, -0.1) is 0 Å². The third kappa shape index (κ3) is 57.7. The van der Waals surface area contributed by atoms with Crippen LogP contribution in [0.4, 0.5) is 0 Å². The Kier molecular flexibility index (Phi) is 59.9. The minimum Gasteiger partial charge on any atom is -0.466 e. The average Bonchev–Trinajstić information content (AvgIpc) is 3.37. The number of nitrogens with one attached hydrogen (secondary N) is 1. The van der Waals surface area contributed by atoms with E-state index in [9.17, 15) is 19.8 Å². The first-order chi connectivity index (χ1) is 35.0. The minimum absolute atomic E-state index is 0.00556. The van der Waals surface area contributed by atoms with Crippen LogP contribution in [0.5, 0.6) is 0 Å². The summed E-state index contributed by atoms with van der Waals surface area (Å²) in [5.74, 6) is -0.0298. The molecule has 0 aromatic carbocycles. The first-order valence-electron chi connectivity index (χ1n) is 32.4. The molecule has 0 spiro atoms. The lowest BCUT2D eigenvalue weighted by atomic mass is 10.0. The van der Waals surface area contributed by atoms with Gasteiger partial charge >= 0.3 is 5.97 Å². The van der Waals surface area contributed by atoms with E-state index in [0.717, 1.165) is 44.9 Å². The lowest BCUT2D eigenvalue weighted by molar-refractivity contribution is -0.143. The zero-order valence-corrected chi connectivity index (χ0v) is 48.2. The van der Waals surface area contributed by atoms with Gasteiger partial charge in [0.1, 0.15) is 0 Å². The van der Waals surface area contributed by atoms with Gasteiger partial charge in [-0.3, -0.25) is 9.59 Å². The molecule has 2 atom stereocenters. The SMILES string of the molecule is CCCCCCCCC/C=C\CCCCCCCCCC(=O)OCCCCCCCCCCCCCCCCCCCCC(=O)NC(CO)C(O)CCCCCCCCCCCCCCCCCCCC. The second kappa shape index (κ2) is 61.1. The van der Waals surface area contributed by atoms with Crippen LogP contribution in [-0.4, -0.2) is 47.4 Å². The predicted octanol–water partition coefficient (Wildman–Crippen LogP) is 20.4. The van der Waals surface area contributed by atoms with Crippen molar-refractivity contribution in [2.45, 2.75) is 379 Å². The number of ether oxygens (including phenoxy) is 1. The predicted molar refractivity (Wildman–Crippen MR) is 310 cm³/mol. The highest BCUT2D eigenvalue weighted by molar-refractivity contribution is 5.76. The van der Waals surface area contributed by atoms with Crippen LogP contribution in [-0.2, 0) is 14.3 Å². The van der Waals surface area contributed by atoms with Gasteiger partial charge in [0.05, 0.1) is 25.4 Å². The van der Waals surface area contributed by atoms with Crippen molar-refractivity contribution in [2.75, 3.05) is 13.2 Å². The molecule has 1 amide bonds. The molecule has 422 valence electrons. The third-order valence-electron chi connectivity index (χ3n) is 15.3. The molecule has 6 heteroatoms. The molecule has 6 nitrogen and oxygen atoms in total. The molecule has 0 saturated heterocycles. The van der Waals surface area contributed by atoms with Crippen LogP contribution in [0.1, 0.15) is 367 Å². The van der Waals surface area contributed by atoms with Gasteiger partial charge < -0.3 is 20.3 Å². The topological polar surface area (TPSA) is 95.9 Å². The monoisotopic (exact) mass is 1000 g/mol. The van der Waals surface area contributed by atoms with Crippen LogP contribution in [0.25, 0.3) is 0 Å². The highest BCUT2D eigenvalue weighted by atomic mass is 16.5. The molecular weight excluding hydrogens is 875 g/mol. The molecule has 2 unspecified atom stereocenters. The number of unbranched alkanes of at least 4 members (excludes halogenated alkanes) is 48. The first kappa shape index (κ1) is 69.6. The van der Waals surface area contributed by atoms with E-state index >= 15 is 0 Å². The van der Waals surface area contributed by atoms with Crippen LogP contribution in [0, 0.1) is 0 Å². The summed E-state index contributed by atoms with van der Waals surface area (Å²) >= 11 is 0. The third-order valence-corrected chi connectivity index (χ3v) is 15.3. The standard InChI is InChI=1S/C65H127NO5/c1-3-5-7-9-11-13-15-17-19-21-25-29-33-37-41-45-49-53-57-63(68)62(61-67)66-64(69)58-54-50-46-42-38-34-30-26-23-24-28-32-36-40-44-48-52-56-60-71-65(70)59-55-51-47-43-39-35-31-27-22-20-18-16-14-12-10-8-6-4-2/h20,22,62-63,67-68H,3-19,21,23-61H2,1-2H3,(H,66,69)/b22-20-. The maximum absolute atomic E-state index is 12.5. The molecular formula is C65H127NO5. The smallest absolute Gasteiger partial charge is 0.305 e. The van der Waals surface area contributed by atoms with Gasteiger partial charge in [-0.1, -0.05) is 315 Å². The van der Waals surface area contributed by atoms with Gasteiger partial charge in [-0.25, -0.2) is 0 Å². The molecule has 0 aliphatic carbocycles. The van der Waals surface area contributed by atoms with E-state index < -0.39 is 12.1 Å². The molecule has 0 heterocycles. The van der Waals surface area contributed by atoms with Gasteiger partial charge in [0, 0.05) is 12.8 Å². The van der Waals surface area contributed by atoms with E-state index in [2.05, 4.69) is 31.3 Å². The average molecular weight is 1000 g/mol. The zero-order valence-electron chi connectivity index (χ0n) is 48.2. The fourth-order valence-electron chi connectivity index (χ4n) is 10.3. The van der Waals surface area contributed by atoms with E-state index in [1.54, 1.807) is 0 Å². The molecule has 0 fully saturated rings. The van der Waals surface area contributed by atoms with Crippen LogP contribution in [0.15, 0.2) is 12.2 Å². The number of allylic oxidation sites excluding steroid dienone is 2. The Labute approximate surface area is 444 Å². The second-order valence-corrected chi connectivity index (χ2v) is 22.5. The van der Waals surface area contributed by atoms with Crippen molar-refractivity contribution in [3.63, 3.8) is 0 Å². The van der Waals surface area contributed by atoms with E-state index in [-0.39, 0.29) is 18.5 Å². The normalized spacial score (nSPS) is 12.6. The van der Waals surface area contributed by atoms with Gasteiger partial charge in [0.2, 0.25) is 5.91 Å². The summed E-state index contributed by atoms with van der Waals surface area (Å²) in [5, 5.41) is 23.4. The Morgan fingerprint density at radius 3 is 1.00 bits per heavy atom. The number of carbonyl (C=O) groups is 2. The lowest BCUT2D eigenvalue weighted by Gasteiger charge is -2.22. The molecule has 0 aliphatic rings. The Morgan fingerprint density at radius 1 is 0.380 bits per heavy atom. The molecule has 3 N–H and O–H groups in total. The van der Waals surface area contributed by atoms with Crippen LogP contribution in [0.3, 0.4) is 0 Å². The lowest BCUT2D eigenvalue weighted by Crippen LogP contribution is -2.45. The van der Waals surface area contributed by atoms with Crippen molar-refractivity contribution in [1.29, 1.82) is 0 Å². The summed E-state index contributed by atoms with van der Waals surface area (Å²) in [7, 11) is 0. The van der Waals surface area contributed by atoms with Crippen molar-refractivity contribution in [1.82, 2.24) is 5.32 Å². The molecule has 0 aromatic heterocycles. The van der Waals surface area contributed by atoms with Gasteiger partial charge in [-0.2, -0.15) is 0 Å². The maximum atomic E-state index is 12.5. The van der Waals surface area contributed by atoms with Crippen LogP contribution in [0.2, 0.25) is 0 Å². The van der Waals surface area contributed by atoms with Crippen molar-refractivity contribution < 1.29 is 24.5 Å². The number of aliphatic hydroxyl groups is 2. The highest BCUT2D eigenvalue weighted by Gasteiger charge is 2.20. The Bertz CT molecular complexity index is 1060. The quantitative estimate of drug-likeness (QED) is 0.0320. The fourth-order valence-corrected chi connectivity index (χ4v) is 10.3. The van der Waals surface area contributed by atoms with Gasteiger partial charge in [-0.05, 0) is 51.4 Å². The Morgan fingerprint density at radius 2 is 0.662 bits per heavy atom. The minimum atomic E-state index is -0.667. The van der Waals surface area contributed by atoms with E-state index in [1.807, 2.05) is 0 Å². The number of carbonyl (C=O) groups excluding carboxylic acids is 2. The Balaban J connectivity index is 3.39. The molecule has 0 aliphatic heterocycles. The summed E-state index contributed by atoms with van der Waals surface area (Å²) in [4.78, 5) is 24.6. The van der Waals surface area contributed by atoms with Crippen molar-refractivity contribution in [2.24, 2.45) is 0 Å². The Hall–Kier alpha value is -1.40. The molecule has 0 radical (unpaired) electrons. The second-order valence-electron chi connectivity index (χ2n) is 22.5. The summed E-state index contributed by atoms with van der Waals surface area (Å²) in [5.41, 5.74) is 0. The summed E-state index contributed by atoms with van der Waals surface area (Å²) in [6, 6.07) is -0.544. The summed E-state index contributed by atoms with van der Waals surface area (Å²) in [6.07, 6.45) is 73.6. The first-order valence-corrected chi connectivity index (χ1v) is 32.4. The summed E-state index contributed by atoms with van der Waals surface area (Å²) < 4.78 is 5.50. The van der Waals surface area contributed by atoms with E-state index in [1.165, 1.54) is 289 Å². The highest BCUT2D eigenvalue weighted by Crippen LogP contribution is 2.18. The number of amides is 1. The summed E-state index contributed by atoms with van der Waals surface area (Å²) in [6.45, 7) is 4.97. The van der Waals surface area contributed by atoms with Crippen molar-refractivity contribution >= 4 is 11.9 Å². The number of esters is 1.